The number of aliphatic carboxylic acids is 1. The molecule has 0 saturated heterocycles. The topological polar surface area (TPSA) is 87.6 Å². The summed E-state index contributed by atoms with van der Waals surface area (Å²) in [5, 5.41) is 9.56. The average molecular weight is 288 g/mol. The van der Waals surface area contributed by atoms with Crippen molar-refractivity contribution in [2.45, 2.75) is 38.6 Å². The van der Waals surface area contributed by atoms with E-state index < -0.39 is 29.2 Å². The molecule has 6 heteroatoms. The molecule has 6 nitrogen and oxygen atoms in total. The monoisotopic (exact) mass is 288 g/mol. The molecule has 1 N–H and O–H groups in total. The number of nitrogens with zero attached hydrogens (tertiary/aromatic N) is 2. The zero-order valence-corrected chi connectivity index (χ0v) is 11.7. The second-order valence-electron chi connectivity index (χ2n) is 5.89. The zero-order valence-electron chi connectivity index (χ0n) is 11.7. The minimum Gasteiger partial charge on any atom is -0.481 e. The summed E-state index contributed by atoms with van der Waals surface area (Å²) in [5.41, 5.74) is -0.506. The number of fused-ring (bicyclic) bond motifs is 1. The lowest BCUT2D eigenvalue weighted by molar-refractivity contribution is -0.153. The normalized spacial score (nSPS) is 28.6. The molecule has 1 aliphatic carbocycles. The van der Waals surface area contributed by atoms with Crippen LogP contribution in [0.2, 0.25) is 0 Å². The summed E-state index contributed by atoms with van der Waals surface area (Å²) in [5.74, 6) is -1.79. The maximum absolute atomic E-state index is 12.5. The molecule has 3 rings (SSSR count). The van der Waals surface area contributed by atoms with Gasteiger partial charge in [-0.1, -0.05) is 12.8 Å². The SMILES string of the molecule is CC1(C(=O)O)CCCCC1N1C(=O)c2ccncc2C1=O. The summed E-state index contributed by atoms with van der Waals surface area (Å²) in [6.07, 6.45) is 5.45. The molecular weight excluding hydrogens is 272 g/mol. The van der Waals surface area contributed by atoms with E-state index in [2.05, 4.69) is 4.98 Å². The smallest absolute Gasteiger partial charge is 0.311 e. The van der Waals surface area contributed by atoms with Crippen LogP contribution in [-0.2, 0) is 4.79 Å². The van der Waals surface area contributed by atoms with Gasteiger partial charge in [0.1, 0.15) is 0 Å². The zero-order chi connectivity index (χ0) is 15.2. The van der Waals surface area contributed by atoms with Crippen molar-refractivity contribution in [2.75, 3.05) is 0 Å². The molecule has 1 aromatic heterocycles. The van der Waals surface area contributed by atoms with E-state index in [9.17, 15) is 19.5 Å². The van der Waals surface area contributed by atoms with Crippen LogP contribution in [0.4, 0.5) is 0 Å². The molecule has 1 aliphatic heterocycles. The Bertz CT molecular complexity index is 607. The molecule has 1 fully saturated rings. The first kappa shape index (κ1) is 13.7. The van der Waals surface area contributed by atoms with Gasteiger partial charge in [0.25, 0.3) is 11.8 Å². The Kier molecular flexibility index (Phi) is 3.04. The van der Waals surface area contributed by atoms with Crippen LogP contribution < -0.4 is 0 Å². The van der Waals surface area contributed by atoms with Gasteiger partial charge < -0.3 is 5.11 Å². The van der Waals surface area contributed by atoms with Crippen LogP contribution in [-0.4, -0.2) is 38.8 Å². The minimum absolute atomic E-state index is 0.265. The lowest BCUT2D eigenvalue weighted by atomic mass is 9.71. The highest BCUT2D eigenvalue weighted by Gasteiger charge is 2.52. The van der Waals surface area contributed by atoms with Gasteiger partial charge in [-0.15, -0.1) is 0 Å². The number of carboxylic acids is 1. The lowest BCUT2D eigenvalue weighted by Crippen LogP contribution is -2.54. The molecule has 1 aromatic rings. The Balaban J connectivity index is 2.03. The molecule has 2 heterocycles. The van der Waals surface area contributed by atoms with Crippen molar-refractivity contribution in [1.29, 1.82) is 0 Å². The fourth-order valence-electron chi connectivity index (χ4n) is 3.36. The van der Waals surface area contributed by atoms with Gasteiger partial charge in [0, 0.05) is 12.4 Å². The van der Waals surface area contributed by atoms with E-state index in [1.807, 2.05) is 0 Å². The number of carbonyl (C=O) groups excluding carboxylic acids is 2. The number of hydrogen-bond acceptors (Lipinski definition) is 4. The number of hydrogen-bond donors (Lipinski definition) is 1. The number of rotatable bonds is 2. The quantitative estimate of drug-likeness (QED) is 0.837. The van der Waals surface area contributed by atoms with Gasteiger partial charge in [0.2, 0.25) is 0 Å². The largest absolute Gasteiger partial charge is 0.481 e. The Morgan fingerprint density at radius 2 is 2.05 bits per heavy atom. The number of imide groups is 1. The van der Waals surface area contributed by atoms with Gasteiger partial charge in [0.05, 0.1) is 22.6 Å². The van der Waals surface area contributed by atoms with E-state index in [4.69, 9.17) is 0 Å². The maximum Gasteiger partial charge on any atom is 0.311 e. The Hall–Kier alpha value is -2.24. The fraction of sp³-hybridized carbons (Fsp3) is 0.467. The van der Waals surface area contributed by atoms with E-state index in [0.29, 0.717) is 18.4 Å². The first-order valence-electron chi connectivity index (χ1n) is 7.02. The molecule has 2 amide bonds. The van der Waals surface area contributed by atoms with Crippen molar-refractivity contribution in [1.82, 2.24) is 9.88 Å². The predicted molar refractivity (Wildman–Crippen MR) is 72.7 cm³/mol. The van der Waals surface area contributed by atoms with Crippen molar-refractivity contribution in [3.63, 3.8) is 0 Å². The number of pyridine rings is 1. The molecular formula is C15H16N2O4. The molecule has 2 unspecified atom stereocenters. The van der Waals surface area contributed by atoms with E-state index in [1.54, 1.807) is 6.92 Å². The van der Waals surface area contributed by atoms with Crippen molar-refractivity contribution in [3.05, 3.63) is 29.6 Å². The molecule has 0 spiro atoms. The molecule has 0 radical (unpaired) electrons. The van der Waals surface area contributed by atoms with E-state index in [-0.39, 0.29) is 5.56 Å². The van der Waals surface area contributed by atoms with E-state index in [0.717, 1.165) is 17.7 Å². The van der Waals surface area contributed by atoms with Crippen LogP contribution >= 0.6 is 0 Å². The van der Waals surface area contributed by atoms with Crippen molar-refractivity contribution in [2.24, 2.45) is 5.41 Å². The summed E-state index contributed by atoms with van der Waals surface area (Å²) in [4.78, 5) is 41.7. The number of carboxylic acid groups (broad SMARTS) is 1. The van der Waals surface area contributed by atoms with Gasteiger partial charge in [0.15, 0.2) is 0 Å². The minimum atomic E-state index is -1.08. The van der Waals surface area contributed by atoms with Crippen LogP contribution in [0.3, 0.4) is 0 Å². The average Bonchev–Trinajstić information content (AvgIpc) is 2.72. The number of aromatic nitrogens is 1. The van der Waals surface area contributed by atoms with Crippen LogP contribution in [0.25, 0.3) is 0 Å². The summed E-state index contributed by atoms with van der Waals surface area (Å²) in [6, 6.07) is 0.910. The van der Waals surface area contributed by atoms with Crippen molar-refractivity contribution < 1.29 is 19.5 Å². The molecule has 0 aromatic carbocycles. The van der Waals surface area contributed by atoms with Crippen LogP contribution in [0.1, 0.15) is 53.3 Å². The summed E-state index contributed by atoms with van der Waals surface area (Å²) >= 11 is 0. The third-order valence-corrected chi connectivity index (χ3v) is 4.68. The Labute approximate surface area is 121 Å². The summed E-state index contributed by atoms with van der Waals surface area (Å²) in [7, 11) is 0. The van der Waals surface area contributed by atoms with Crippen LogP contribution in [0, 0.1) is 5.41 Å². The molecule has 0 bridgehead atoms. The van der Waals surface area contributed by atoms with Crippen LogP contribution in [0.5, 0.6) is 0 Å². The molecule has 21 heavy (non-hydrogen) atoms. The van der Waals surface area contributed by atoms with Gasteiger partial charge in [-0.3, -0.25) is 24.3 Å². The number of amides is 2. The van der Waals surface area contributed by atoms with Gasteiger partial charge in [-0.2, -0.15) is 0 Å². The maximum atomic E-state index is 12.5. The van der Waals surface area contributed by atoms with Gasteiger partial charge in [-0.05, 0) is 25.8 Å². The molecule has 1 saturated carbocycles. The highest BCUT2D eigenvalue weighted by atomic mass is 16.4. The standard InChI is InChI=1S/C15H16N2O4/c1-15(14(20)21)6-3-2-4-11(15)17-12(18)9-5-7-16-8-10(9)13(17)19/h5,7-8,11H,2-4,6H2,1H3,(H,20,21). The van der Waals surface area contributed by atoms with Gasteiger partial charge in [-0.25, -0.2) is 0 Å². The third kappa shape index (κ3) is 1.86. The number of carbonyl (C=O) groups is 3. The summed E-state index contributed by atoms with van der Waals surface area (Å²) in [6.45, 7) is 1.63. The lowest BCUT2D eigenvalue weighted by Gasteiger charge is -2.41. The molecule has 2 atom stereocenters. The third-order valence-electron chi connectivity index (χ3n) is 4.68. The highest BCUT2D eigenvalue weighted by molar-refractivity contribution is 6.21. The molecule has 110 valence electrons. The van der Waals surface area contributed by atoms with Crippen molar-refractivity contribution >= 4 is 17.8 Å². The second kappa shape index (κ2) is 4.65. The first-order valence-corrected chi connectivity index (χ1v) is 7.02. The Morgan fingerprint density at radius 3 is 2.71 bits per heavy atom. The first-order chi connectivity index (χ1) is 9.97. The second-order valence-corrected chi connectivity index (χ2v) is 5.89. The van der Waals surface area contributed by atoms with E-state index >= 15 is 0 Å². The predicted octanol–water partition coefficient (Wildman–Crippen LogP) is 1.71. The fourth-order valence-corrected chi connectivity index (χ4v) is 3.36. The van der Waals surface area contributed by atoms with Crippen LogP contribution in [0.15, 0.2) is 18.5 Å². The van der Waals surface area contributed by atoms with Gasteiger partial charge >= 0.3 is 5.97 Å². The Morgan fingerprint density at radius 1 is 1.33 bits per heavy atom. The van der Waals surface area contributed by atoms with Crippen molar-refractivity contribution in [3.8, 4) is 0 Å². The molecule has 2 aliphatic rings. The highest BCUT2D eigenvalue weighted by Crippen LogP contribution is 2.42. The summed E-state index contributed by atoms with van der Waals surface area (Å²) < 4.78 is 0. The van der Waals surface area contributed by atoms with E-state index in [1.165, 1.54) is 18.5 Å².